The van der Waals surface area contributed by atoms with E-state index in [1.54, 1.807) is 10.9 Å². The summed E-state index contributed by atoms with van der Waals surface area (Å²) in [6.45, 7) is 4.04. The molecule has 1 aromatic heterocycles. The summed E-state index contributed by atoms with van der Waals surface area (Å²) in [5, 5.41) is 16.0. The molecule has 2 N–H and O–H groups in total. The van der Waals surface area contributed by atoms with Gasteiger partial charge in [0.1, 0.15) is 0 Å². The number of hydrogen-bond acceptors (Lipinski definition) is 3. The number of carboxylic acid groups (broad SMARTS) is 1. The fraction of sp³-hybridized carbons (Fsp3) is 0.643. The molecule has 1 saturated carbocycles. The smallest absolute Gasteiger partial charge is 0.306 e. The second-order valence-electron chi connectivity index (χ2n) is 5.68. The second-order valence-corrected chi connectivity index (χ2v) is 5.68. The zero-order valence-electron chi connectivity index (χ0n) is 11.9. The molecule has 0 bridgehead atoms. The van der Waals surface area contributed by atoms with Crippen molar-refractivity contribution >= 4 is 17.6 Å². The number of anilines is 1. The molecule has 2 rings (SSSR count). The first-order valence-electron chi connectivity index (χ1n) is 7.05. The molecule has 0 aliphatic heterocycles. The van der Waals surface area contributed by atoms with Gasteiger partial charge in [-0.05, 0) is 39.5 Å². The molecule has 0 aromatic carbocycles. The van der Waals surface area contributed by atoms with Crippen LogP contribution in [0.3, 0.4) is 0 Å². The van der Waals surface area contributed by atoms with Crippen molar-refractivity contribution in [3.63, 3.8) is 0 Å². The zero-order chi connectivity index (χ0) is 14.7. The third-order valence-electron chi connectivity index (χ3n) is 3.85. The molecule has 1 aromatic rings. The number of carbonyl (C=O) groups excluding carboxylic acids is 1. The average Bonchev–Trinajstić information content (AvgIpc) is 2.87. The normalized spacial score (nSPS) is 22.8. The topological polar surface area (TPSA) is 84.2 Å². The summed E-state index contributed by atoms with van der Waals surface area (Å²) < 4.78 is 1.79. The molecule has 1 aliphatic rings. The minimum absolute atomic E-state index is 0.0304. The van der Waals surface area contributed by atoms with Gasteiger partial charge in [0.2, 0.25) is 5.91 Å². The molecule has 1 amide bonds. The molecule has 0 radical (unpaired) electrons. The summed E-state index contributed by atoms with van der Waals surface area (Å²) in [5.41, 5.74) is 0.698. The summed E-state index contributed by atoms with van der Waals surface area (Å²) in [7, 11) is 0. The van der Waals surface area contributed by atoms with E-state index in [0.717, 1.165) is 0 Å². The molecule has 1 aliphatic carbocycles. The van der Waals surface area contributed by atoms with Gasteiger partial charge in [-0.3, -0.25) is 14.3 Å². The Kier molecular flexibility index (Phi) is 4.42. The molecule has 6 nitrogen and oxygen atoms in total. The molecule has 0 atom stereocenters. The first-order chi connectivity index (χ1) is 9.47. The van der Waals surface area contributed by atoms with Crippen molar-refractivity contribution in [3.05, 3.63) is 12.4 Å². The highest BCUT2D eigenvalue weighted by atomic mass is 16.4. The maximum absolute atomic E-state index is 12.1. The fourth-order valence-corrected chi connectivity index (χ4v) is 2.53. The van der Waals surface area contributed by atoms with Gasteiger partial charge in [-0.1, -0.05) is 0 Å². The van der Waals surface area contributed by atoms with Gasteiger partial charge in [-0.25, -0.2) is 0 Å². The lowest BCUT2D eigenvalue weighted by Crippen LogP contribution is -2.29. The van der Waals surface area contributed by atoms with E-state index >= 15 is 0 Å². The van der Waals surface area contributed by atoms with Crippen LogP contribution in [0.25, 0.3) is 0 Å². The third kappa shape index (κ3) is 3.37. The molecule has 0 unspecified atom stereocenters. The average molecular weight is 279 g/mol. The first kappa shape index (κ1) is 14.6. The molecule has 1 fully saturated rings. The van der Waals surface area contributed by atoms with Gasteiger partial charge in [0.05, 0.1) is 17.8 Å². The van der Waals surface area contributed by atoms with Crippen LogP contribution in [0.1, 0.15) is 45.6 Å². The van der Waals surface area contributed by atoms with Gasteiger partial charge in [0.25, 0.3) is 0 Å². The summed E-state index contributed by atoms with van der Waals surface area (Å²) in [6.07, 6.45) is 5.89. The Morgan fingerprint density at radius 2 is 1.90 bits per heavy atom. The lowest BCUT2D eigenvalue weighted by atomic mass is 9.81. The van der Waals surface area contributed by atoms with Crippen LogP contribution in [-0.2, 0) is 9.59 Å². The Hall–Kier alpha value is -1.85. The molecule has 110 valence electrons. The Bertz CT molecular complexity index is 488. The highest BCUT2D eigenvalue weighted by Gasteiger charge is 2.29. The molecular weight excluding hydrogens is 258 g/mol. The molecular formula is C14H21N3O3. The predicted octanol–water partition coefficient (Wildman–Crippen LogP) is 2.29. The van der Waals surface area contributed by atoms with E-state index in [1.165, 1.54) is 0 Å². The van der Waals surface area contributed by atoms with Crippen molar-refractivity contribution in [2.24, 2.45) is 11.8 Å². The summed E-state index contributed by atoms with van der Waals surface area (Å²) in [6, 6.07) is 0.256. The number of amides is 1. The molecule has 20 heavy (non-hydrogen) atoms. The molecule has 6 heteroatoms. The van der Waals surface area contributed by atoms with Gasteiger partial charge >= 0.3 is 5.97 Å². The maximum Gasteiger partial charge on any atom is 0.306 e. The van der Waals surface area contributed by atoms with Crippen LogP contribution in [0.5, 0.6) is 0 Å². The largest absolute Gasteiger partial charge is 0.481 e. The number of carboxylic acids is 1. The monoisotopic (exact) mass is 279 g/mol. The van der Waals surface area contributed by atoms with E-state index in [2.05, 4.69) is 10.4 Å². The Morgan fingerprint density at radius 3 is 2.40 bits per heavy atom. The van der Waals surface area contributed by atoms with Crippen LogP contribution >= 0.6 is 0 Å². The van der Waals surface area contributed by atoms with Crippen molar-refractivity contribution in [1.82, 2.24) is 9.78 Å². The maximum atomic E-state index is 12.1. The second kappa shape index (κ2) is 6.07. The van der Waals surface area contributed by atoms with Crippen molar-refractivity contribution < 1.29 is 14.7 Å². The third-order valence-corrected chi connectivity index (χ3v) is 3.85. The Labute approximate surface area is 118 Å². The number of carbonyl (C=O) groups is 2. The van der Waals surface area contributed by atoms with E-state index in [0.29, 0.717) is 31.4 Å². The van der Waals surface area contributed by atoms with Crippen molar-refractivity contribution in [3.8, 4) is 0 Å². The van der Waals surface area contributed by atoms with E-state index in [1.807, 2.05) is 20.0 Å². The number of nitrogens with one attached hydrogen (secondary N) is 1. The van der Waals surface area contributed by atoms with Crippen LogP contribution in [0.4, 0.5) is 5.69 Å². The summed E-state index contributed by atoms with van der Waals surface area (Å²) >= 11 is 0. The van der Waals surface area contributed by atoms with E-state index in [9.17, 15) is 9.59 Å². The predicted molar refractivity (Wildman–Crippen MR) is 74.3 cm³/mol. The van der Waals surface area contributed by atoms with Gasteiger partial charge in [0, 0.05) is 18.2 Å². The number of hydrogen-bond donors (Lipinski definition) is 2. The minimum Gasteiger partial charge on any atom is -0.481 e. The van der Waals surface area contributed by atoms with Crippen LogP contribution < -0.4 is 5.32 Å². The standard InChI is InChI=1S/C14H21N3O3/c1-9(2)17-8-12(7-15-17)16-13(18)10-3-5-11(6-4-10)14(19)20/h7-11H,3-6H2,1-2H3,(H,16,18)(H,19,20). The lowest BCUT2D eigenvalue weighted by Gasteiger charge is -2.24. The summed E-state index contributed by atoms with van der Waals surface area (Å²) in [5.74, 6) is -1.16. The lowest BCUT2D eigenvalue weighted by molar-refractivity contribution is -0.143. The highest BCUT2D eigenvalue weighted by molar-refractivity contribution is 5.92. The Morgan fingerprint density at radius 1 is 1.30 bits per heavy atom. The Balaban J connectivity index is 1.87. The van der Waals surface area contributed by atoms with Crippen molar-refractivity contribution in [2.45, 2.75) is 45.6 Å². The van der Waals surface area contributed by atoms with Gasteiger partial charge in [-0.2, -0.15) is 5.10 Å². The van der Waals surface area contributed by atoms with Crippen molar-refractivity contribution in [1.29, 1.82) is 0 Å². The fourth-order valence-electron chi connectivity index (χ4n) is 2.53. The zero-order valence-corrected chi connectivity index (χ0v) is 11.9. The first-order valence-corrected chi connectivity index (χ1v) is 7.05. The van der Waals surface area contributed by atoms with Gasteiger partial charge in [0.15, 0.2) is 0 Å². The van der Waals surface area contributed by atoms with Crippen LogP contribution in [0, 0.1) is 11.8 Å². The highest BCUT2D eigenvalue weighted by Crippen LogP contribution is 2.29. The van der Waals surface area contributed by atoms with Crippen LogP contribution in [0.15, 0.2) is 12.4 Å². The molecule has 0 saturated heterocycles. The van der Waals surface area contributed by atoms with Crippen LogP contribution in [0.2, 0.25) is 0 Å². The number of aliphatic carboxylic acids is 1. The molecule has 1 heterocycles. The number of rotatable bonds is 4. The minimum atomic E-state index is -0.748. The summed E-state index contributed by atoms with van der Waals surface area (Å²) in [4.78, 5) is 23.0. The number of aromatic nitrogens is 2. The SMILES string of the molecule is CC(C)n1cc(NC(=O)C2CCC(C(=O)O)CC2)cn1. The van der Waals surface area contributed by atoms with Gasteiger partial charge < -0.3 is 10.4 Å². The number of nitrogens with zero attached hydrogens (tertiary/aromatic N) is 2. The van der Waals surface area contributed by atoms with Gasteiger partial charge in [-0.15, -0.1) is 0 Å². The van der Waals surface area contributed by atoms with E-state index in [4.69, 9.17) is 5.11 Å². The quantitative estimate of drug-likeness (QED) is 0.885. The van der Waals surface area contributed by atoms with E-state index in [-0.39, 0.29) is 23.8 Å². The van der Waals surface area contributed by atoms with Crippen molar-refractivity contribution in [2.75, 3.05) is 5.32 Å². The van der Waals surface area contributed by atoms with E-state index < -0.39 is 5.97 Å². The molecule has 0 spiro atoms. The van der Waals surface area contributed by atoms with Crippen LogP contribution in [-0.4, -0.2) is 26.8 Å².